The summed E-state index contributed by atoms with van der Waals surface area (Å²) in [7, 11) is 0. The average Bonchev–Trinajstić information content (AvgIpc) is 2.49. The van der Waals surface area contributed by atoms with Gasteiger partial charge in [-0.3, -0.25) is 19.4 Å². The molecule has 0 saturated carbocycles. The highest BCUT2D eigenvalue weighted by molar-refractivity contribution is 6.08. The Bertz CT molecular complexity index is 821. The standard InChI is InChI=1S/C18H20N2O4/c1-11(21)12-5-6-15-14(9-12)13(7-8-19-15)17(24)20(10-16(22)23)18(2,3)4/h5-9H,10H2,1-4H3,(H,22,23). The van der Waals surface area contributed by atoms with Crippen molar-refractivity contribution in [1.29, 1.82) is 0 Å². The van der Waals surface area contributed by atoms with E-state index in [9.17, 15) is 14.4 Å². The summed E-state index contributed by atoms with van der Waals surface area (Å²) < 4.78 is 0. The van der Waals surface area contributed by atoms with Crippen LogP contribution < -0.4 is 0 Å². The molecule has 126 valence electrons. The minimum absolute atomic E-state index is 0.114. The number of nitrogens with zero attached hydrogens (tertiary/aromatic N) is 2. The number of aromatic nitrogens is 1. The third-order valence-electron chi connectivity index (χ3n) is 3.73. The van der Waals surface area contributed by atoms with Gasteiger partial charge in [-0.25, -0.2) is 0 Å². The van der Waals surface area contributed by atoms with Crippen molar-refractivity contribution >= 4 is 28.6 Å². The third kappa shape index (κ3) is 3.59. The zero-order valence-electron chi connectivity index (χ0n) is 14.2. The highest BCUT2D eigenvalue weighted by atomic mass is 16.4. The summed E-state index contributed by atoms with van der Waals surface area (Å²) in [5.74, 6) is -1.60. The molecule has 0 aliphatic heterocycles. The molecule has 0 fully saturated rings. The second kappa shape index (κ2) is 6.39. The lowest BCUT2D eigenvalue weighted by Gasteiger charge is -2.34. The van der Waals surface area contributed by atoms with Crippen molar-refractivity contribution in [3.8, 4) is 0 Å². The number of pyridine rings is 1. The van der Waals surface area contributed by atoms with Crippen molar-refractivity contribution in [2.45, 2.75) is 33.2 Å². The number of amides is 1. The van der Waals surface area contributed by atoms with Crippen LogP contribution in [0.1, 0.15) is 48.4 Å². The minimum Gasteiger partial charge on any atom is -0.480 e. The number of carbonyl (C=O) groups is 3. The van der Waals surface area contributed by atoms with Gasteiger partial charge in [0.2, 0.25) is 0 Å². The second-order valence-electron chi connectivity index (χ2n) is 6.60. The van der Waals surface area contributed by atoms with Crippen molar-refractivity contribution in [2.24, 2.45) is 0 Å². The molecule has 2 rings (SSSR count). The Morgan fingerprint density at radius 3 is 2.38 bits per heavy atom. The number of ketones is 1. The molecule has 6 nitrogen and oxygen atoms in total. The number of Topliss-reactive ketones (excluding diaryl/α,β-unsaturated/α-hetero) is 1. The van der Waals surface area contributed by atoms with E-state index in [0.717, 1.165) is 0 Å². The van der Waals surface area contributed by atoms with Gasteiger partial charge in [0.05, 0.1) is 11.1 Å². The zero-order chi connectivity index (χ0) is 18.1. The summed E-state index contributed by atoms with van der Waals surface area (Å²) in [4.78, 5) is 41.2. The van der Waals surface area contributed by atoms with Crippen molar-refractivity contribution < 1.29 is 19.5 Å². The van der Waals surface area contributed by atoms with Gasteiger partial charge in [-0.1, -0.05) is 0 Å². The third-order valence-corrected chi connectivity index (χ3v) is 3.73. The molecular formula is C18H20N2O4. The predicted molar refractivity (Wildman–Crippen MR) is 90.2 cm³/mol. The van der Waals surface area contributed by atoms with Crippen LogP contribution in [0.15, 0.2) is 30.5 Å². The summed E-state index contributed by atoms with van der Waals surface area (Å²) in [6, 6.07) is 6.51. The van der Waals surface area contributed by atoms with Crippen LogP contribution >= 0.6 is 0 Å². The summed E-state index contributed by atoms with van der Waals surface area (Å²) in [5.41, 5.74) is 0.725. The number of carboxylic acids is 1. The lowest BCUT2D eigenvalue weighted by molar-refractivity contribution is -0.138. The maximum atomic E-state index is 13.0. The van der Waals surface area contributed by atoms with Crippen LogP contribution in [0.2, 0.25) is 0 Å². The Hall–Kier alpha value is -2.76. The molecule has 0 unspecified atom stereocenters. The van der Waals surface area contributed by atoms with Crippen LogP contribution in [-0.4, -0.2) is 44.7 Å². The fraction of sp³-hybridized carbons (Fsp3) is 0.333. The van der Waals surface area contributed by atoms with Crippen LogP contribution in [0.5, 0.6) is 0 Å². The van der Waals surface area contributed by atoms with Crippen LogP contribution in [0.4, 0.5) is 0 Å². The molecular weight excluding hydrogens is 308 g/mol. The molecule has 2 aromatic rings. The normalized spacial score (nSPS) is 11.3. The number of hydrogen-bond acceptors (Lipinski definition) is 4. The molecule has 0 saturated heterocycles. The molecule has 0 aliphatic rings. The van der Waals surface area contributed by atoms with Crippen molar-refractivity contribution in [3.63, 3.8) is 0 Å². The quantitative estimate of drug-likeness (QED) is 0.872. The van der Waals surface area contributed by atoms with Gasteiger partial charge in [0.1, 0.15) is 6.54 Å². The molecule has 0 atom stereocenters. The van der Waals surface area contributed by atoms with Gasteiger partial charge in [0, 0.05) is 22.7 Å². The minimum atomic E-state index is -1.08. The predicted octanol–water partition coefficient (Wildman–Crippen LogP) is 2.76. The van der Waals surface area contributed by atoms with Crippen LogP contribution in [0, 0.1) is 0 Å². The first kappa shape index (κ1) is 17.6. The van der Waals surface area contributed by atoms with E-state index in [-0.39, 0.29) is 5.78 Å². The topological polar surface area (TPSA) is 87.6 Å². The maximum Gasteiger partial charge on any atom is 0.323 e. The van der Waals surface area contributed by atoms with Gasteiger partial charge in [-0.2, -0.15) is 0 Å². The summed E-state index contributed by atoms with van der Waals surface area (Å²) in [6.45, 7) is 6.37. The Morgan fingerprint density at radius 2 is 1.83 bits per heavy atom. The van der Waals surface area contributed by atoms with E-state index in [1.54, 1.807) is 45.0 Å². The fourth-order valence-electron chi connectivity index (χ4n) is 2.45. The largest absolute Gasteiger partial charge is 0.480 e. The fourth-order valence-corrected chi connectivity index (χ4v) is 2.45. The van der Waals surface area contributed by atoms with E-state index in [2.05, 4.69) is 4.98 Å². The number of aliphatic carboxylic acids is 1. The molecule has 0 spiro atoms. The lowest BCUT2D eigenvalue weighted by atomic mass is 10.00. The van der Waals surface area contributed by atoms with Crippen molar-refractivity contribution in [3.05, 3.63) is 41.6 Å². The van der Waals surface area contributed by atoms with E-state index in [1.165, 1.54) is 18.0 Å². The SMILES string of the molecule is CC(=O)c1ccc2nccc(C(=O)N(CC(=O)O)C(C)(C)C)c2c1. The zero-order valence-corrected chi connectivity index (χ0v) is 14.2. The smallest absolute Gasteiger partial charge is 0.323 e. The van der Waals surface area contributed by atoms with Gasteiger partial charge in [0.25, 0.3) is 5.91 Å². The highest BCUT2D eigenvalue weighted by Crippen LogP contribution is 2.23. The Kier molecular flexibility index (Phi) is 4.68. The number of carbonyl (C=O) groups excluding carboxylic acids is 2. The molecule has 6 heteroatoms. The summed E-state index contributed by atoms with van der Waals surface area (Å²) in [5, 5.41) is 9.66. The lowest BCUT2D eigenvalue weighted by Crippen LogP contribution is -2.48. The van der Waals surface area contributed by atoms with Gasteiger partial charge in [-0.15, -0.1) is 0 Å². The number of fused-ring (bicyclic) bond motifs is 1. The van der Waals surface area contributed by atoms with Crippen LogP contribution in [0.3, 0.4) is 0 Å². The number of hydrogen-bond donors (Lipinski definition) is 1. The Balaban J connectivity index is 2.60. The number of rotatable bonds is 4. The molecule has 1 aromatic carbocycles. The molecule has 1 aromatic heterocycles. The molecule has 1 amide bonds. The summed E-state index contributed by atoms with van der Waals surface area (Å²) in [6.07, 6.45) is 1.50. The van der Waals surface area contributed by atoms with Crippen LogP contribution in [-0.2, 0) is 4.79 Å². The first-order valence-electron chi connectivity index (χ1n) is 7.54. The van der Waals surface area contributed by atoms with E-state index < -0.39 is 24.0 Å². The monoisotopic (exact) mass is 328 g/mol. The number of carboxylic acid groups (broad SMARTS) is 1. The maximum absolute atomic E-state index is 13.0. The highest BCUT2D eigenvalue weighted by Gasteiger charge is 2.30. The molecule has 1 N–H and O–H groups in total. The summed E-state index contributed by atoms with van der Waals surface area (Å²) >= 11 is 0. The van der Waals surface area contributed by atoms with E-state index in [0.29, 0.717) is 22.0 Å². The van der Waals surface area contributed by atoms with E-state index >= 15 is 0 Å². The molecule has 0 radical (unpaired) electrons. The van der Waals surface area contributed by atoms with Gasteiger partial charge in [-0.05, 0) is 52.0 Å². The van der Waals surface area contributed by atoms with Crippen LogP contribution in [0.25, 0.3) is 10.9 Å². The molecule has 0 bridgehead atoms. The number of benzene rings is 1. The average molecular weight is 328 g/mol. The second-order valence-corrected chi connectivity index (χ2v) is 6.60. The Morgan fingerprint density at radius 1 is 1.17 bits per heavy atom. The van der Waals surface area contributed by atoms with E-state index in [1.807, 2.05) is 0 Å². The van der Waals surface area contributed by atoms with Gasteiger partial charge >= 0.3 is 5.97 Å². The first-order valence-corrected chi connectivity index (χ1v) is 7.54. The molecule has 1 heterocycles. The van der Waals surface area contributed by atoms with Gasteiger partial charge in [0.15, 0.2) is 5.78 Å². The Labute approximate surface area is 140 Å². The van der Waals surface area contributed by atoms with Gasteiger partial charge < -0.3 is 10.0 Å². The van der Waals surface area contributed by atoms with E-state index in [4.69, 9.17) is 5.11 Å². The molecule has 0 aliphatic carbocycles. The van der Waals surface area contributed by atoms with Crippen molar-refractivity contribution in [2.75, 3.05) is 6.54 Å². The molecule has 24 heavy (non-hydrogen) atoms. The first-order chi connectivity index (χ1) is 11.1. The van der Waals surface area contributed by atoms with Crippen molar-refractivity contribution in [1.82, 2.24) is 9.88 Å².